The molecule has 7 nitrogen and oxygen atoms in total. The summed E-state index contributed by atoms with van der Waals surface area (Å²) in [4.78, 5) is 19.9. The molecule has 1 amide bonds. The second kappa shape index (κ2) is 6.64. The maximum Gasteiger partial charge on any atom is 0.410 e. The highest BCUT2D eigenvalue weighted by molar-refractivity contribution is 7.93. The van der Waals surface area contributed by atoms with E-state index in [4.69, 9.17) is 4.74 Å². The first-order valence-electron chi connectivity index (χ1n) is 7.54. The van der Waals surface area contributed by atoms with Gasteiger partial charge in [0.15, 0.2) is 15.0 Å². The zero-order chi connectivity index (χ0) is 17.3. The molecule has 1 fully saturated rings. The highest BCUT2D eigenvalue weighted by atomic mass is 32.2. The van der Waals surface area contributed by atoms with Crippen LogP contribution in [0.2, 0.25) is 0 Å². The standard InChI is InChI=1S/C14H23N3O4S2/c1-5-23(19,20)11-10-15-12(22-11)16-6-8-17(9-7-16)13(18)21-14(2,3)4/h10H,5-9H2,1-4H3. The van der Waals surface area contributed by atoms with Crippen molar-refractivity contribution >= 4 is 32.4 Å². The lowest BCUT2D eigenvalue weighted by Crippen LogP contribution is -2.50. The van der Waals surface area contributed by atoms with E-state index in [0.717, 1.165) is 0 Å². The third-order valence-corrected chi connectivity index (χ3v) is 6.70. The van der Waals surface area contributed by atoms with Crippen molar-refractivity contribution in [3.8, 4) is 0 Å². The highest BCUT2D eigenvalue weighted by Gasteiger charge is 2.27. The van der Waals surface area contributed by atoms with Gasteiger partial charge in [-0.25, -0.2) is 18.2 Å². The Morgan fingerprint density at radius 2 is 1.91 bits per heavy atom. The van der Waals surface area contributed by atoms with Gasteiger partial charge in [0.1, 0.15) is 9.81 Å². The Labute approximate surface area is 141 Å². The lowest BCUT2D eigenvalue weighted by atomic mass is 10.2. The zero-order valence-electron chi connectivity index (χ0n) is 13.9. The van der Waals surface area contributed by atoms with Crippen LogP contribution in [0, 0.1) is 0 Å². The van der Waals surface area contributed by atoms with E-state index in [1.54, 1.807) is 11.8 Å². The molecule has 0 N–H and O–H groups in total. The molecule has 0 bridgehead atoms. The fourth-order valence-corrected chi connectivity index (χ4v) is 4.37. The average Bonchev–Trinajstić information content (AvgIpc) is 2.96. The summed E-state index contributed by atoms with van der Waals surface area (Å²) in [5, 5.41) is 0.681. The summed E-state index contributed by atoms with van der Waals surface area (Å²) in [5.74, 6) is 0.0705. The van der Waals surface area contributed by atoms with Crippen LogP contribution in [-0.4, -0.2) is 61.9 Å². The third-order valence-electron chi connectivity index (χ3n) is 3.36. The van der Waals surface area contributed by atoms with Gasteiger partial charge in [-0.2, -0.15) is 0 Å². The predicted molar refractivity (Wildman–Crippen MR) is 89.9 cm³/mol. The van der Waals surface area contributed by atoms with Crippen LogP contribution in [0.3, 0.4) is 0 Å². The van der Waals surface area contributed by atoms with Crippen LogP contribution in [-0.2, 0) is 14.6 Å². The molecule has 2 rings (SSSR count). The van der Waals surface area contributed by atoms with Gasteiger partial charge in [-0.1, -0.05) is 18.3 Å². The van der Waals surface area contributed by atoms with E-state index >= 15 is 0 Å². The van der Waals surface area contributed by atoms with Crippen LogP contribution in [0.15, 0.2) is 10.4 Å². The number of hydrogen-bond donors (Lipinski definition) is 0. The first kappa shape index (κ1) is 18.0. The summed E-state index contributed by atoms with van der Waals surface area (Å²) in [6.07, 6.45) is 1.10. The zero-order valence-corrected chi connectivity index (χ0v) is 15.5. The number of ether oxygens (including phenoxy) is 1. The van der Waals surface area contributed by atoms with Crippen molar-refractivity contribution in [3.63, 3.8) is 0 Å². The largest absolute Gasteiger partial charge is 0.444 e. The second-order valence-electron chi connectivity index (χ2n) is 6.32. The minimum absolute atomic E-state index is 0.0705. The van der Waals surface area contributed by atoms with Crippen molar-refractivity contribution in [2.45, 2.75) is 37.5 Å². The Bertz CT molecular complexity index is 656. The van der Waals surface area contributed by atoms with Crippen molar-refractivity contribution in [2.75, 3.05) is 36.8 Å². The number of carbonyl (C=O) groups excluding carboxylic acids is 1. The molecule has 9 heteroatoms. The molecule has 1 aromatic rings. The number of anilines is 1. The van der Waals surface area contributed by atoms with Gasteiger partial charge in [0, 0.05) is 26.2 Å². The number of aromatic nitrogens is 1. The predicted octanol–water partition coefficient (Wildman–Crippen LogP) is 1.99. The maximum atomic E-state index is 12.0. The topological polar surface area (TPSA) is 79.8 Å². The molecule has 0 aromatic carbocycles. The van der Waals surface area contributed by atoms with Crippen LogP contribution < -0.4 is 4.90 Å². The average molecular weight is 361 g/mol. The minimum atomic E-state index is -3.22. The normalized spacial score (nSPS) is 16.5. The van der Waals surface area contributed by atoms with E-state index in [9.17, 15) is 13.2 Å². The molecule has 1 saturated heterocycles. The van der Waals surface area contributed by atoms with Gasteiger partial charge in [-0.3, -0.25) is 0 Å². The maximum absolute atomic E-state index is 12.0. The number of hydrogen-bond acceptors (Lipinski definition) is 7. The van der Waals surface area contributed by atoms with Gasteiger partial charge in [-0.15, -0.1) is 0 Å². The number of rotatable bonds is 3. The summed E-state index contributed by atoms with van der Waals surface area (Å²) < 4.78 is 29.4. The van der Waals surface area contributed by atoms with Gasteiger partial charge in [0.2, 0.25) is 0 Å². The fourth-order valence-electron chi connectivity index (χ4n) is 2.09. The summed E-state index contributed by atoms with van der Waals surface area (Å²) in [6, 6.07) is 0. The van der Waals surface area contributed by atoms with Gasteiger partial charge < -0.3 is 14.5 Å². The molecule has 0 spiro atoms. The molecular weight excluding hydrogens is 338 g/mol. The van der Waals surface area contributed by atoms with E-state index in [0.29, 0.717) is 35.5 Å². The summed E-state index contributed by atoms with van der Waals surface area (Å²) >= 11 is 1.18. The number of carbonyl (C=O) groups is 1. The van der Waals surface area contributed by atoms with Gasteiger partial charge in [-0.05, 0) is 20.8 Å². The van der Waals surface area contributed by atoms with Crippen LogP contribution >= 0.6 is 11.3 Å². The first-order valence-corrected chi connectivity index (χ1v) is 10.0. The minimum Gasteiger partial charge on any atom is -0.444 e. The van der Waals surface area contributed by atoms with Gasteiger partial charge >= 0.3 is 6.09 Å². The van der Waals surface area contributed by atoms with Crippen molar-refractivity contribution in [1.82, 2.24) is 9.88 Å². The van der Waals surface area contributed by atoms with Crippen LogP contribution in [0.4, 0.5) is 9.93 Å². The van der Waals surface area contributed by atoms with Gasteiger partial charge in [0.25, 0.3) is 0 Å². The van der Waals surface area contributed by atoms with Crippen LogP contribution in [0.1, 0.15) is 27.7 Å². The number of thiazole rings is 1. The molecule has 130 valence electrons. The van der Waals surface area contributed by atoms with Crippen molar-refractivity contribution in [3.05, 3.63) is 6.20 Å². The molecule has 1 aliphatic rings. The van der Waals surface area contributed by atoms with Gasteiger partial charge in [0.05, 0.1) is 11.9 Å². The third kappa shape index (κ3) is 4.57. The summed E-state index contributed by atoms with van der Waals surface area (Å²) in [5.41, 5.74) is -0.507. The van der Waals surface area contributed by atoms with Crippen molar-refractivity contribution in [1.29, 1.82) is 0 Å². The molecular formula is C14H23N3O4S2. The van der Waals surface area contributed by atoms with Crippen molar-refractivity contribution in [2.24, 2.45) is 0 Å². The number of amides is 1. The lowest BCUT2D eigenvalue weighted by Gasteiger charge is -2.35. The van der Waals surface area contributed by atoms with E-state index < -0.39 is 15.4 Å². The summed E-state index contributed by atoms with van der Waals surface area (Å²) in [7, 11) is -3.22. The Morgan fingerprint density at radius 1 is 1.30 bits per heavy atom. The summed E-state index contributed by atoms with van der Waals surface area (Å²) in [6.45, 7) is 9.42. The first-order chi connectivity index (χ1) is 10.6. The number of sulfone groups is 1. The molecule has 0 radical (unpaired) electrons. The van der Waals surface area contributed by atoms with E-state index in [-0.39, 0.29) is 11.8 Å². The molecule has 23 heavy (non-hydrogen) atoms. The Balaban J connectivity index is 1.96. The molecule has 1 aliphatic heterocycles. The van der Waals surface area contributed by atoms with Crippen molar-refractivity contribution < 1.29 is 17.9 Å². The smallest absolute Gasteiger partial charge is 0.410 e. The van der Waals surface area contributed by atoms with Crippen LogP contribution in [0.25, 0.3) is 0 Å². The van der Waals surface area contributed by atoms with E-state index in [2.05, 4.69) is 4.98 Å². The lowest BCUT2D eigenvalue weighted by molar-refractivity contribution is 0.0240. The van der Waals surface area contributed by atoms with E-state index in [1.807, 2.05) is 25.7 Å². The molecule has 1 aromatic heterocycles. The molecule has 0 aliphatic carbocycles. The molecule has 2 heterocycles. The Hall–Kier alpha value is -1.35. The molecule has 0 unspecified atom stereocenters. The Kier molecular flexibility index (Phi) is 5.20. The monoisotopic (exact) mass is 361 g/mol. The number of piperazine rings is 1. The fraction of sp³-hybridized carbons (Fsp3) is 0.714. The van der Waals surface area contributed by atoms with E-state index in [1.165, 1.54) is 17.5 Å². The Morgan fingerprint density at radius 3 is 2.43 bits per heavy atom. The highest BCUT2D eigenvalue weighted by Crippen LogP contribution is 2.27. The van der Waals surface area contributed by atoms with Crippen LogP contribution in [0.5, 0.6) is 0 Å². The number of nitrogens with zero attached hydrogens (tertiary/aromatic N) is 3. The quantitative estimate of drug-likeness (QED) is 0.819. The molecule has 0 atom stereocenters. The SMILES string of the molecule is CCS(=O)(=O)c1cnc(N2CCN(C(=O)OC(C)(C)C)CC2)s1. The second-order valence-corrected chi connectivity index (χ2v) is 9.83. The molecule has 0 saturated carbocycles.